The lowest BCUT2D eigenvalue weighted by molar-refractivity contribution is 0.0712. The molecule has 0 spiro atoms. The summed E-state index contributed by atoms with van der Waals surface area (Å²) in [6.07, 6.45) is 0.856. The van der Waals surface area contributed by atoms with E-state index in [4.69, 9.17) is 13.3 Å². The molecule has 7 heteroatoms. The van der Waals surface area contributed by atoms with Crippen LogP contribution in [0.25, 0.3) is 0 Å². The maximum absolute atomic E-state index is 12.0. The lowest BCUT2D eigenvalue weighted by Crippen LogP contribution is -2.46. The van der Waals surface area contributed by atoms with Gasteiger partial charge in [0.25, 0.3) is 0 Å². The molecule has 0 fully saturated rings. The minimum absolute atomic E-state index is 0.162. The van der Waals surface area contributed by atoms with Crippen molar-refractivity contribution in [2.45, 2.75) is 39.0 Å². The smallest absolute Gasteiger partial charge is 0.374 e. The standard InChI is InChI=1S/C17H28O4S2Si/c1-4-19-24(20-5-2,21-6-3)14-10-13-22-17(18)23-15-16-11-8-7-9-12-16/h7-9,11-12H,4-6,10,13-15H2,1-3H3. The Balaban J connectivity index is 2.29. The summed E-state index contributed by atoms with van der Waals surface area (Å²) in [6, 6.07) is 10.8. The van der Waals surface area contributed by atoms with Crippen molar-refractivity contribution < 1.29 is 18.1 Å². The van der Waals surface area contributed by atoms with Gasteiger partial charge in [-0.1, -0.05) is 53.9 Å². The Hall–Kier alpha value is -0.313. The summed E-state index contributed by atoms with van der Waals surface area (Å²) in [5, 5.41) is 0. The Bertz CT molecular complexity index is 442. The average molecular weight is 389 g/mol. The molecule has 0 saturated heterocycles. The normalized spacial score (nSPS) is 11.6. The van der Waals surface area contributed by atoms with Gasteiger partial charge < -0.3 is 13.3 Å². The molecule has 0 saturated carbocycles. The van der Waals surface area contributed by atoms with Crippen molar-refractivity contribution in [2.24, 2.45) is 0 Å². The van der Waals surface area contributed by atoms with Gasteiger partial charge in [0.2, 0.25) is 4.45 Å². The first-order valence-corrected chi connectivity index (χ1v) is 12.3. The number of carbonyl (C=O) groups is 1. The molecule has 0 heterocycles. The monoisotopic (exact) mass is 388 g/mol. The van der Waals surface area contributed by atoms with Crippen molar-refractivity contribution in [2.75, 3.05) is 25.6 Å². The van der Waals surface area contributed by atoms with Crippen LogP contribution < -0.4 is 0 Å². The van der Waals surface area contributed by atoms with Gasteiger partial charge in [-0.25, -0.2) is 0 Å². The lowest BCUT2D eigenvalue weighted by Gasteiger charge is -2.28. The van der Waals surface area contributed by atoms with E-state index in [9.17, 15) is 4.79 Å². The van der Waals surface area contributed by atoms with E-state index in [-0.39, 0.29) is 4.45 Å². The van der Waals surface area contributed by atoms with Gasteiger partial charge >= 0.3 is 8.80 Å². The summed E-state index contributed by atoms with van der Waals surface area (Å²) in [6.45, 7) is 7.64. The van der Waals surface area contributed by atoms with Crippen molar-refractivity contribution in [3.05, 3.63) is 35.9 Å². The highest BCUT2D eigenvalue weighted by atomic mass is 32.2. The van der Waals surface area contributed by atoms with Gasteiger partial charge in [0, 0.05) is 37.4 Å². The second-order valence-corrected chi connectivity index (χ2v) is 9.96. The number of benzene rings is 1. The highest BCUT2D eigenvalue weighted by Gasteiger charge is 2.39. The zero-order valence-corrected chi connectivity index (χ0v) is 17.4. The van der Waals surface area contributed by atoms with Gasteiger partial charge in [-0.15, -0.1) is 0 Å². The summed E-state index contributed by atoms with van der Waals surface area (Å²) in [5.74, 6) is 1.49. The van der Waals surface area contributed by atoms with Gasteiger partial charge in [-0.05, 0) is 32.8 Å². The summed E-state index contributed by atoms with van der Waals surface area (Å²) in [4.78, 5) is 12.0. The van der Waals surface area contributed by atoms with Crippen LogP contribution in [0.5, 0.6) is 0 Å². The number of rotatable bonds is 12. The van der Waals surface area contributed by atoms with Crippen LogP contribution in [0.1, 0.15) is 32.8 Å². The minimum atomic E-state index is -2.57. The number of hydrogen-bond donors (Lipinski definition) is 0. The van der Waals surface area contributed by atoms with Crippen molar-refractivity contribution >= 4 is 36.8 Å². The van der Waals surface area contributed by atoms with Gasteiger partial charge in [-0.2, -0.15) is 0 Å². The molecule has 1 rings (SSSR count). The third-order valence-electron chi connectivity index (χ3n) is 3.14. The molecule has 0 N–H and O–H groups in total. The van der Waals surface area contributed by atoms with E-state index in [1.54, 1.807) is 0 Å². The van der Waals surface area contributed by atoms with Crippen molar-refractivity contribution in [1.82, 2.24) is 0 Å². The molecule has 4 nitrogen and oxygen atoms in total. The molecular formula is C17H28O4S2Si. The molecule has 0 unspecified atom stereocenters. The van der Waals surface area contributed by atoms with E-state index in [1.807, 2.05) is 51.1 Å². The molecule has 136 valence electrons. The first kappa shape index (κ1) is 21.7. The quantitative estimate of drug-likeness (QED) is 0.362. The molecule has 0 aliphatic heterocycles. The van der Waals surface area contributed by atoms with E-state index >= 15 is 0 Å². The zero-order chi connectivity index (χ0) is 17.7. The van der Waals surface area contributed by atoms with E-state index in [2.05, 4.69) is 0 Å². The third-order valence-corrected chi connectivity index (χ3v) is 8.44. The molecule has 0 bridgehead atoms. The Morgan fingerprint density at radius 2 is 1.54 bits per heavy atom. The SMILES string of the molecule is CCO[Si](CCCSC(=O)SCc1ccccc1)(OCC)OCC. The minimum Gasteiger partial charge on any atom is -0.374 e. The van der Waals surface area contributed by atoms with Crippen LogP contribution in [0.15, 0.2) is 30.3 Å². The first-order valence-electron chi connectivity index (χ1n) is 8.41. The van der Waals surface area contributed by atoms with Gasteiger partial charge in [0.15, 0.2) is 0 Å². The Kier molecular flexibility index (Phi) is 11.7. The third kappa shape index (κ3) is 8.69. The molecule has 24 heavy (non-hydrogen) atoms. The summed E-state index contributed by atoms with van der Waals surface area (Å²) in [7, 11) is -2.57. The van der Waals surface area contributed by atoms with E-state index < -0.39 is 8.80 Å². The fourth-order valence-electron chi connectivity index (χ4n) is 2.20. The zero-order valence-electron chi connectivity index (χ0n) is 14.8. The van der Waals surface area contributed by atoms with E-state index in [0.29, 0.717) is 19.8 Å². The molecule has 0 radical (unpaired) electrons. The highest BCUT2D eigenvalue weighted by molar-refractivity contribution is 8.38. The van der Waals surface area contributed by atoms with Crippen molar-refractivity contribution in [3.63, 3.8) is 0 Å². The second kappa shape index (κ2) is 13.0. The van der Waals surface area contributed by atoms with Crippen LogP contribution in [0, 0.1) is 0 Å². The topological polar surface area (TPSA) is 44.8 Å². The largest absolute Gasteiger partial charge is 0.500 e. The van der Waals surface area contributed by atoms with Crippen LogP contribution >= 0.6 is 23.5 Å². The van der Waals surface area contributed by atoms with E-state index in [0.717, 1.165) is 24.0 Å². The summed E-state index contributed by atoms with van der Waals surface area (Å²) < 4.78 is 17.6. The lowest BCUT2D eigenvalue weighted by atomic mass is 10.2. The second-order valence-electron chi connectivity index (χ2n) is 4.96. The van der Waals surface area contributed by atoms with Gasteiger partial charge in [0.1, 0.15) is 0 Å². The Morgan fingerprint density at radius 3 is 2.08 bits per heavy atom. The predicted octanol–water partition coefficient (Wildman–Crippen LogP) is 5.21. The van der Waals surface area contributed by atoms with Crippen molar-refractivity contribution in [3.8, 4) is 0 Å². The average Bonchev–Trinajstić information content (AvgIpc) is 2.59. The van der Waals surface area contributed by atoms with E-state index in [1.165, 1.54) is 29.1 Å². The van der Waals surface area contributed by atoms with Gasteiger partial charge in [-0.3, -0.25) is 4.79 Å². The molecule has 0 aliphatic rings. The van der Waals surface area contributed by atoms with Crippen LogP contribution in [-0.4, -0.2) is 38.8 Å². The van der Waals surface area contributed by atoms with Crippen LogP contribution in [0.3, 0.4) is 0 Å². The number of thioether (sulfide) groups is 2. The predicted molar refractivity (Wildman–Crippen MR) is 106 cm³/mol. The number of hydrogen-bond acceptors (Lipinski definition) is 6. The number of carbonyl (C=O) groups excluding carboxylic acids is 1. The Labute approximate surface area is 155 Å². The molecule has 0 atom stereocenters. The van der Waals surface area contributed by atoms with Crippen molar-refractivity contribution in [1.29, 1.82) is 0 Å². The van der Waals surface area contributed by atoms with Crippen LogP contribution in [0.2, 0.25) is 6.04 Å². The summed E-state index contributed by atoms with van der Waals surface area (Å²) >= 11 is 2.73. The molecular weight excluding hydrogens is 360 g/mol. The maximum atomic E-state index is 12.0. The molecule has 0 amide bonds. The Morgan fingerprint density at radius 1 is 0.958 bits per heavy atom. The molecule has 0 aliphatic carbocycles. The van der Waals surface area contributed by atoms with Gasteiger partial charge in [0.05, 0.1) is 0 Å². The van der Waals surface area contributed by atoms with Crippen LogP contribution in [-0.2, 0) is 19.0 Å². The van der Waals surface area contributed by atoms with Crippen LogP contribution in [0.4, 0.5) is 4.79 Å². The molecule has 0 aromatic heterocycles. The maximum Gasteiger partial charge on any atom is 0.500 e. The molecule has 1 aromatic carbocycles. The fraction of sp³-hybridized carbons (Fsp3) is 0.588. The highest BCUT2D eigenvalue weighted by Crippen LogP contribution is 2.24. The molecule has 1 aromatic rings. The first-order chi connectivity index (χ1) is 11.7. The fourth-order valence-corrected chi connectivity index (χ4v) is 6.76. The summed E-state index contributed by atoms with van der Waals surface area (Å²) in [5.41, 5.74) is 1.17.